The van der Waals surface area contributed by atoms with E-state index in [1.54, 1.807) is 7.11 Å². The Balaban J connectivity index is 1.96. The molecule has 1 rings (SSSR count). The summed E-state index contributed by atoms with van der Waals surface area (Å²) >= 11 is 0. The quantitative estimate of drug-likeness (QED) is 0.381. The van der Waals surface area contributed by atoms with E-state index in [1.807, 2.05) is 12.2 Å². The van der Waals surface area contributed by atoms with Gasteiger partial charge in [0, 0.05) is 26.4 Å². The molecule has 0 bridgehead atoms. The molecule has 0 aromatic heterocycles. The molecule has 2 atom stereocenters. The number of methoxy groups -OCH3 is 1. The molecule has 0 aromatic rings. The van der Waals surface area contributed by atoms with Gasteiger partial charge in [0.15, 0.2) is 0 Å². The van der Waals surface area contributed by atoms with Crippen molar-refractivity contribution in [3.63, 3.8) is 0 Å². The lowest BCUT2D eigenvalue weighted by Gasteiger charge is -2.10. The van der Waals surface area contributed by atoms with Crippen molar-refractivity contribution in [3.8, 4) is 0 Å². The first-order valence-corrected chi connectivity index (χ1v) is 5.91. The molecule has 1 aliphatic rings. The van der Waals surface area contributed by atoms with Gasteiger partial charge in [-0.2, -0.15) is 0 Å². The van der Waals surface area contributed by atoms with Crippen LogP contribution in [0.4, 0.5) is 0 Å². The van der Waals surface area contributed by atoms with E-state index in [9.17, 15) is 4.79 Å². The minimum atomic E-state index is -0.213. The van der Waals surface area contributed by atoms with Crippen molar-refractivity contribution in [2.45, 2.75) is 18.9 Å². The average Bonchev–Trinajstić information content (AvgIpc) is 2.74. The average molecular weight is 243 g/mol. The lowest BCUT2D eigenvalue weighted by Crippen LogP contribution is -2.22. The van der Waals surface area contributed by atoms with Crippen molar-refractivity contribution in [1.82, 2.24) is 0 Å². The molecular weight excluding hydrogens is 222 g/mol. The van der Waals surface area contributed by atoms with E-state index in [0.29, 0.717) is 32.8 Å². The molecule has 5 nitrogen and oxygen atoms in total. The second-order valence-corrected chi connectivity index (χ2v) is 4.02. The zero-order valence-electron chi connectivity index (χ0n) is 10.3. The van der Waals surface area contributed by atoms with Gasteiger partial charge in [-0.05, 0) is 12.8 Å². The van der Waals surface area contributed by atoms with Crippen LogP contribution in [0.15, 0.2) is 12.2 Å². The molecule has 0 saturated carbocycles. The van der Waals surface area contributed by atoms with Crippen LogP contribution in [0.3, 0.4) is 0 Å². The fourth-order valence-electron chi connectivity index (χ4n) is 1.62. The Kier molecular flexibility index (Phi) is 6.84. The number of rotatable bonds is 8. The highest BCUT2D eigenvalue weighted by atomic mass is 16.6. The third-order valence-corrected chi connectivity index (χ3v) is 2.53. The highest BCUT2D eigenvalue weighted by Gasteiger charge is 2.23. The number of nitrogens with two attached hydrogens (primary N) is 1. The van der Waals surface area contributed by atoms with Crippen LogP contribution in [0.1, 0.15) is 12.8 Å². The molecule has 1 aliphatic carbocycles. The van der Waals surface area contributed by atoms with Crippen LogP contribution >= 0.6 is 0 Å². The first-order valence-electron chi connectivity index (χ1n) is 5.91. The molecule has 0 heterocycles. The number of ether oxygens (including phenoxy) is 3. The predicted octanol–water partition coefficient (Wildman–Crippen LogP) is 0.486. The molecule has 98 valence electrons. The predicted molar refractivity (Wildman–Crippen MR) is 63.5 cm³/mol. The molecule has 0 radical (unpaired) electrons. The second-order valence-electron chi connectivity index (χ2n) is 4.02. The summed E-state index contributed by atoms with van der Waals surface area (Å²) in [6.07, 6.45) is 5.15. The Morgan fingerprint density at radius 2 is 2.12 bits per heavy atom. The van der Waals surface area contributed by atoms with Crippen LogP contribution in [0, 0.1) is 5.92 Å². The third-order valence-electron chi connectivity index (χ3n) is 2.53. The summed E-state index contributed by atoms with van der Waals surface area (Å²) in [5.41, 5.74) is 5.65. The Bertz CT molecular complexity index is 255. The third kappa shape index (κ3) is 5.81. The van der Waals surface area contributed by atoms with E-state index in [-0.39, 0.29) is 17.9 Å². The van der Waals surface area contributed by atoms with Crippen LogP contribution < -0.4 is 5.73 Å². The van der Waals surface area contributed by atoms with Crippen LogP contribution in [0.25, 0.3) is 0 Å². The Hall–Kier alpha value is -0.910. The van der Waals surface area contributed by atoms with Crippen LogP contribution in [0.5, 0.6) is 0 Å². The van der Waals surface area contributed by atoms with Crippen LogP contribution in [-0.4, -0.2) is 45.5 Å². The first kappa shape index (κ1) is 14.2. The normalized spacial score (nSPS) is 22.9. The lowest BCUT2D eigenvalue weighted by molar-refractivity contribution is -0.148. The summed E-state index contributed by atoms with van der Waals surface area (Å²) in [6, 6.07) is -0.0159. The molecule has 0 fully saturated rings. The Labute approximate surface area is 102 Å². The van der Waals surface area contributed by atoms with Crippen molar-refractivity contribution >= 4 is 5.97 Å². The summed E-state index contributed by atoms with van der Waals surface area (Å²) in [6.45, 7) is 2.04. The topological polar surface area (TPSA) is 70.8 Å². The maximum absolute atomic E-state index is 11.5. The highest BCUT2D eigenvalue weighted by Crippen LogP contribution is 2.17. The molecule has 5 heteroatoms. The van der Waals surface area contributed by atoms with E-state index in [4.69, 9.17) is 19.9 Å². The molecule has 0 aromatic carbocycles. The van der Waals surface area contributed by atoms with E-state index < -0.39 is 0 Å². The van der Waals surface area contributed by atoms with Gasteiger partial charge in [-0.25, -0.2) is 0 Å². The maximum Gasteiger partial charge on any atom is 0.312 e. The monoisotopic (exact) mass is 243 g/mol. The van der Waals surface area contributed by atoms with Gasteiger partial charge in [-0.1, -0.05) is 12.2 Å². The molecule has 0 saturated heterocycles. The van der Waals surface area contributed by atoms with Crippen molar-refractivity contribution < 1.29 is 19.0 Å². The Morgan fingerprint density at radius 1 is 1.29 bits per heavy atom. The van der Waals surface area contributed by atoms with E-state index in [1.165, 1.54) is 0 Å². The summed E-state index contributed by atoms with van der Waals surface area (Å²) in [5.74, 6) is -0.395. The van der Waals surface area contributed by atoms with E-state index in [0.717, 1.165) is 6.42 Å². The van der Waals surface area contributed by atoms with Crippen molar-refractivity contribution in [1.29, 1.82) is 0 Å². The highest BCUT2D eigenvalue weighted by molar-refractivity contribution is 5.75. The fourth-order valence-corrected chi connectivity index (χ4v) is 1.62. The Morgan fingerprint density at radius 3 is 2.76 bits per heavy atom. The summed E-state index contributed by atoms with van der Waals surface area (Å²) in [7, 11) is 1.65. The minimum absolute atomic E-state index is 0.0159. The summed E-state index contributed by atoms with van der Waals surface area (Å²) < 4.78 is 15.2. The molecule has 0 amide bonds. The zero-order chi connectivity index (χ0) is 12.5. The van der Waals surface area contributed by atoms with Gasteiger partial charge in [0.25, 0.3) is 0 Å². The minimum Gasteiger partial charge on any atom is -0.463 e. The largest absolute Gasteiger partial charge is 0.463 e. The van der Waals surface area contributed by atoms with Gasteiger partial charge in [-0.15, -0.1) is 0 Å². The zero-order valence-corrected chi connectivity index (χ0v) is 10.3. The van der Waals surface area contributed by atoms with Gasteiger partial charge >= 0.3 is 5.97 Å². The molecule has 2 unspecified atom stereocenters. The first-order chi connectivity index (χ1) is 8.24. The number of hydrogen-bond acceptors (Lipinski definition) is 5. The van der Waals surface area contributed by atoms with E-state index in [2.05, 4.69) is 0 Å². The molecule has 2 N–H and O–H groups in total. The number of carbonyl (C=O) groups is 1. The lowest BCUT2D eigenvalue weighted by atomic mass is 10.1. The van der Waals surface area contributed by atoms with Crippen LogP contribution in [0.2, 0.25) is 0 Å². The SMILES string of the molecule is COCCCOCCOC(=O)C1C=CC(N)C1. The van der Waals surface area contributed by atoms with Crippen LogP contribution in [-0.2, 0) is 19.0 Å². The number of carbonyl (C=O) groups excluding carboxylic acids is 1. The van der Waals surface area contributed by atoms with Gasteiger partial charge in [0.1, 0.15) is 6.61 Å². The fraction of sp³-hybridized carbons (Fsp3) is 0.750. The van der Waals surface area contributed by atoms with Crippen molar-refractivity contribution in [3.05, 3.63) is 12.2 Å². The van der Waals surface area contributed by atoms with Crippen molar-refractivity contribution in [2.24, 2.45) is 11.7 Å². The van der Waals surface area contributed by atoms with Crippen molar-refractivity contribution in [2.75, 3.05) is 33.5 Å². The number of hydrogen-bond donors (Lipinski definition) is 1. The van der Waals surface area contributed by atoms with Gasteiger partial charge < -0.3 is 19.9 Å². The van der Waals surface area contributed by atoms with Gasteiger partial charge in [0.05, 0.1) is 12.5 Å². The molecular formula is C12H21NO4. The standard InChI is InChI=1S/C12H21NO4/c1-15-5-2-6-16-7-8-17-12(14)10-3-4-11(13)9-10/h3-4,10-11H,2,5-9,13H2,1H3. The molecule has 0 spiro atoms. The maximum atomic E-state index is 11.5. The number of esters is 1. The molecule has 0 aliphatic heterocycles. The van der Waals surface area contributed by atoms with Gasteiger partial charge in [-0.3, -0.25) is 4.79 Å². The second kappa shape index (κ2) is 8.22. The summed E-state index contributed by atoms with van der Waals surface area (Å²) in [5, 5.41) is 0. The van der Waals surface area contributed by atoms with Gasteiger partial charge in [0.2, 0.25) is 0 Å². The van der Waals surface area contributed by atoms with E-state index >= 15 is 0 Å². The smallest absolute Gasteiger partial charge is 0.312 e. The molecule has 17 heavy (non-hydrogen) atoms. The summed E-state index contributed by atoms with van der Waals surface area (Å²) in [4.78, 5) is 11.5.